The first-order valence-corrected chi connectivity index (χ1v) is 40.9. The van der Waals surface area contributed by atoms with E-state index in [1.165, 1.54) is 12.3 Å². The number of aromatic nitrogens is 2. The van der Waals surface area contributed by atoms with Crippen molar-refractivity contribution < 1.29 is 66.8 Å². The molecule has 25 nitrogen and oxygen atoms in total. The van der Waals surface area contributed by atoms with Gasteiger partial charge < -0.3 is 66.5 Å². The van der Waals surface area contributed by atoms with E-state index in [0.717, 1.165) is 23.2 Å². The zero-order valence-corrected chi connectivity index (χ0v) is 68.7. The van der Waals surface area contributed by atoms with E-state index >= 15 is 4.39 Å². The number of thioether (sulfide) groups is 1. The van der Waals surface area contributed by atoms with Crippen LogP contribution in [0.25, 0.3) is 33.4 Å². The Morgan fingerprint density at radius 2 is 1.33 bits per heavy atom. The Hall–Kier alpha value is -4.06. The minimum absolute atomic E-state index is 0.00719. The number of urea groups is 1. The molecule has 6 fully saturated rings. The van der Waals surface area contributed by atoms with E-state index in [4.69, 9.17) is 70.8 Å². The number of anilines is 1. The Morgan fingerprint density at radius 3 is 1.93 bits per heavy atom. The number of alkyl halides is 1. The van der Waals surface area contributed by atoms with E-state index in [2.05, 4.69) is 55.6 Å². The molecule has 6 heterocycles. The van der Waals surface area contributed by atoms with Crippen LogP contribution in [0.1, 0.15) is 139 Å². The Morgan fingerprint density at radius 1 is 0.757 bits per heavy atom. The van der Waals surface area contributed by atoms with Gasteiger partial charge in [-0.25, -0.2) is 18.8 Å². The van der Waals surface area contributed by atoms with Crippen LogP contribution >= 0.6 is 149 Å². The number of aromatic hydroxyl groups is 1. The van der Waals surface area contributed by atoms with Gasteiger partial charge >= 0.3 is 23.7 Å². The number of nitrogen functional groups attached to an aromatic ring is 1. The van der Waals surface area contributed by atoms with E-state index in [-0.39, 0.29) is 155 Å². The number of hydrogen-bond donors (Lipinski definition) is 9. The molecule has 103 heavy (non-hydrogen) atoms. The lowest BCUT2D eigenvalue weighted by Gasteiger charge is -2.57. The average Bonchev–Trinajstić information content (AvgIpc) is 1.45. The first-order chi connectivity index (χ1) is 49.0. The molecule has 5 aliphatic heterocycles. The highest BCUT2D eigenvalue weighted by Crippen LogP contribution is 2.79. The summed E-state index contributed by atoms with van der Waals surface area (Å²) in [5.74, 6) is -1.76. The number of fused-ring (bicyclic) bond motifs is 5. The SMILES string of the molecule is C[C@@]12CSC(CCCCC(=O)NCCN(CCNC(=O)CCCCCCC(=O)NCCOC(=O)c3c(Cl)c(Cl)c(Cl)c(Cl)c3-c3c4cc(I)c(=O)c(I)c-4oc4c(I)c(O)c(I)cc34)CCNC(=O)CCCCCCC(=O)OC[C@H]3OC45CC4C(F)(C3O)[C@@H]5n3ccc(N)nc3=O)[C@]1(C)NC(=O)N2. The molecule has 0 radical (unpaired) electrons. The van der Waals surface area contributed by atoms with E-state index in [0.29, 0.717) is 137 Å². The molecule has 10 N–H and O–H groups in total. The number of benzene rings is 3. The average molecular weight is 1980 g/mol. The molecule has 6 amide bonds. The minimum atomic E-state index is -2.15. The van der Waals surface area contributed by atoms with Gasteiger partial charge in [-0.3, -0.25) is 38.2 Å². The monoisotopic (exact) mass is 1970 g/mol. The van der Waals surface area contributed by atoms with Gasteiger partial charge in [0.2, 0.25) is 29.1 Å². The number of unbranched alkanes of at least 4 members (excludes halogenated alkanes) is 7. The summed E-state index contributed by atoms with van der Waals surface area (Å²) in [5, 5.41) is 39.8. The van der Waals surface area contributed by atoms with Crippen LogP contribution in [0.3, 0.4) is 0 Å². The van der Waals surface area contributed by atoms with Gasteiger partial charge in [0.05, 0.1) is 59.6 Å². The maximum Gasteiger partial charge on any atom is 0.349 e. The summed E-state index contributed by atoms with van der Waals surface area (Å²) in [6, 6.07) is 3.40. The highest BCUT2D eigenvalue weighted by molar-refractivity contribution is 14.1. The smallest absolute Gasteiger partial charge is 0.349 e. The summed E-state index contributed by atoms with van der Waals surface area (Å²) in [4.78, 5) is 122. The molecule has 2 saturated carbocycles. The van der Waals surface area contributed by atoms with Crippen molar-refractivity contribution >= 4 is 207 Å². The van der Waals surface area contributed by atoms with Gasteiger partial charge in [-0.05, 0) is 167 Å². The third-order valence-corrected chi connectivity index (χ3v) is 27.3. The minimum Gasteiger partial charge on any atom is -0.506 e. The molecule has 35 heteroatoms. The summed E-state index contributed by atoms with van der Waals surface area (Å²) in [6.07, 6.45) is 7.32. The molecule has 2 aromatic carbocycles. The third-order valence-electron chi connectivity index (χ3n) is 20.1. The summed E-state index contributed by atoms with van der Waals surface area (Å²) < 4.78 is 42.3. The largest absolute Gasteiger partial charge is 0.506 e. The van der Waals surface area contributed by atoms with E-state index in [1.807, 2.05) is 102 Å². The molecule has 560 valence electrons. The van der Waals surface area contributed by atoms with Crippen LogP contribution in [0.4, 0.5) is 15.0 Å². The molecule has 3 aliphatic carbocycles. The topological polar surface area (TPSA) is 354 Å². The Kier molecular flexibility index (Phi) is 27.8. The Balaban J connectivity index is 0.616. The Labute approximate surface area is 671 Å². The van der Waals surface area contributed by atoms with Gasteiger partial charge in [0.15, 0.2) is 17.0 Å². The summed E-state index contributed by atoms with van der Waals surface area (Å²) >= 11 is 36.5. The van der Waals surface area contributed by atoms with Crippen LogP contribution in [0.2, 0.25) is 20.1 Å². The van der Waals surface area contributed by atoms with E-state index in [1.54, 1.807) is 12.1 Å². The van der Waals surface area contributed by atoms with Gasteiger partial charge in [-0.2, -0.15) is 16.7 Å². The molecule has 1 spiro atoms. The van der Waals surface area contributed by atoms with Crippen molar-refractivity contribution in [2.75, 3.05) is 70.5 Å². The number of carbonyl (C=O) groups is 7. The lowest BCUT2D eigenvalue weighted by Crippen LogP contribution is -2.73. The van der Waals surface area contributed by atoms with Crippen LogP contribution in [0, 0.1) is 20.2 Å². The molecule has 11 rings (SSSR count). The number of amides is 6. The maximum absolute atomic E-state index is 16.3. The van der Waals surface area contributed by atoms with Crippen molar-refractivity contribution in [2.24, 2.45) is 5.92 Å². The van der Waals surface area contributed by atoms with Gasteiger partial charge in [-0.1, -0.05) is 78.5 Å². The Bertz CT molecular complexity index is 4210. The second-order valence-corrected chi connectivity index (χ2v) is 34.1. The summed E-state index contributed by atoms with van der Waals surface area (Å²) in [7, 11) is 0. The fourth-order valence-corrected chi connectivity index (χ4v) is 20.8. The number of nitrogens with one attached hydrogen (secondary N) is 6. The molecule has 3 aromatic rings. The molecule has 5 unspecified atom stereocenters. The number of phenols is 1. The first-order valence-electron chi connectivity index (χ1n) is 34.0. The molecule has 2 bridgehead atoms. The third kappa shape index (κ3) is 17.8. The van der Waals surface area contributed by atoms with Gasteiger partial charge in [0.25, 0.3) is 0 Å². The molecule has 1 aromatic heterocycles. The highest BCUT2D eigenvalue weighted by atomic mass is 127. The van der Waals surface area contributed by atoms with Crippen molar-refractivity contribution in [2.45, 2.75) is 169 Å². The number of halogens is 9. The first kappa shape index (κ1) is 81.5. The second kappa shape index (κ2) is 35.1. The summed E-state index contributed by atoms with van der Waals surface area (Å²) in [5.41, 5.74) is 1.48. The van der Waals surface area contributed by atoms with Gasteiger partial charge in [0.1, 0.15) is 46.6 Å². The lowest BCUT2D eigenvalue weighted by atomic mass is 9.66. The van der Waals surface area contributed by atoms with Crippen LogP contribution in [-0.4, -0.2) is 171 Å². The number of aliphatic hydroxyl groups is 1. The molecule has 4 saturated heterocycles. The van der Waals surface area contributed by atoms with Gasteiger partial charge in [0, 0.05) is 117 Å². The standard InChI is InChI=1S/C68H79Cl4FI4N10O15S/c1-65-33-103-40(66(65,2)85-63(97)84-65)13-11-12-17-44(90)81-22-27-86(26-21-80-43(89)15-9-5-6-10-18-46(92)100-32-38-60(95)68(73)39-31-67(39,102-38)62(68)87-24-19-41(78)83-64(87)98)25-20-79-42(88)14-7-3-4-8-16-45(91)82-23-28-99-61(96)49-48(50(69)52(71)53(72)51(49)70)47-34-29-36(74)56(93)54(76)58(34)101-59-35(47)30-37(75)57(94)55(59)77/h19,24,29-30,38-40,60,62,93,95H,3-18,20-23,25-28,31-33H2,1-2H3,(H,79,88)(H,80,89)(H,81,90)(H,82,91)(H2,78,83,98)(H2,84,85,97)/t38-,39?,40?,60?,62-,65-,66+,67?,68?/m1/s1. The highest BCUT2D eigenvalue weighted by Gasteiger charge is 2.90. The number of carbonyl (C=O) groups excluding carboxylic acids is 7. The zero-order valence-electron chi connectivity index (χ0n) is 56.2. The lowest BCUT2D eigenvalue weighted by molar-refractivity contribution is -0.302. The van der Waals surface area contributed by atoms with Crippen molar-refractivity contribution in [3.05, 3.63) is 85.0 Å². The van der Waals surface area contributed by atoms with Crippen LogP contribution < -0.4 is 48.8 Å². The number of rotatable bonds is 36. The van der Waals surface area contributed by atoms with Crippen molar-refractivity contribution in [3.8, 4) is 28.2 Å². The zero-order chi connectivity index (χ0) is 74.5. The van der Waals surface area contributed by atoms with Crippen molar-refractivity contribution in [1.82, 2.24) is 46.4 Å². The van der Waals surface area contributed by atoms with Crippen LogP contribution in [0.15, 0.2) is 38.4 Å². The fraction of sp³-hybridized carbons (Fsp3) is 0.559. The quantitative estimate of drug-likeness (QED) is 0.00342. The van der Waals surface area contributed by atoms with Crippen LogP contribution in [-0.2, 0) is 38.2 Å². The number of nitrogens with zero attached hydrogens (tertiary/aromatic N) is 3. The normalized spacial score (nSPS) is 23.5. The van der Waals surface area contributed by atoms with E-state index < -0.39 is 53.1 Å². The number of esters is 2. The molecule has 8 aliphatic rings. The number of ether oxygens (including phenoxy) is 3. The second-order valence-electron chi connectivity index (χ2n) is 26.9. The predicted molar refractivity (Wildman–Crippen MR) is 423 cm³/mol. The fourth-order valence-electron chi connectivity index (χ4n) is 14.3. The molecular weight excluding hydrogens is 1900 g/mol. The van der Waals surface area contributed by atoms with Crippen molar-refractivity contribution in [3.63, 3.8) is 0 Å². The molecule has 9 atom stereocenters. The van der Waals surface area contributed by atoms with Gasteiger partial charge in [-0.15, -0.1) is 0 Å². The molecular formula is C68H79Cl4FI4N10O15S. The maximum atomic E-state index is 16.3. The van der Waals surface area contributed by atoms with Crippen molar-refractivity contribution in [1.29, 1.82) is 0 Å². The predicted octanol–water partition coefficient (Wildman–Crippen LogP) is 10.6. The van der Waals surface area contributed by atoms with E-state index in [9.17, 15) is 53.4 Å². The number of phenolic OH excluding ortho intramolecular Hbond substituents is 1. The number of aliphatic hydroxyl groups excluding tert-OH is 1. The number of nitrogens with two attached hydrogens (primary N) is 1. The van der Waals surface area contributed by atoms with Crippen LogP contribution in [0.5, 0.6) is 5.75 Å². The summed E-state index contributed by atoms with van der Waals surface area (Å²) in [6.45, 7) is 5.85. The number of hydrogen-bond acceptors (Lipinski definition) is 19.